The smallest absolute Gasteiger partial charge is 0.168 e. The summed E-state index contributed by atoms with van der Waals surface area (Å²) in [5.41, 5.74) is 7.39. The molecule has 0 aliphatic heterocycles. The molecule has 0 unspecified atom stereocenters. The van der Waals surface area contributed by atoms with Crippen LogP contribution in [0.15, 0.2) is 61.2 Å². The molecule has 3 rings (SSSR count). The summed E-state index contributed by atoms with van der Waals surface area (Å²) >= 11 is 0. The van der Waals surface area contributed by atoms with Crippen LogP contribution in [0.3, 0.4) is 0 Å². The third-order valence-electron chi connectivity index (χ3n) is 6.18. The van der Waals surface area contributed by atoms with Gasteiger partial charge in [0.15, 0.2) is 23.0 Å². The SMILES string of the molecule is C=C/C(=C\c1cc(OC)c(OC)cc1C)c1cc(OC)c(OC)c(-c2ccc(C(C)(C)C)cc2)c1. The van der Waals surface area contributed by atoms with Crippen molar-refractivity contribution in [3.8, 4) is 34.1 Å². The van der Waals surface area contributed by atoms with Crippen LogP contribution < -0.4 is 18.9 Å². The molecule has 3 aromatic carbocycles. The van der Waals surface area contributed by atoms with Gasteiger partial charge in [0.2, 0.25) is 0 Å². The van der Waals surface area contributed by atoms with E-state index in [1.165, 1.54) is 5.56 Å². The van der Waals surface area contributed by atoms with Crippen molar-refractivity contribution >= 4 is 11.6 Å². The fraction of sp³-hybridized carbons (Fsp3) is 0.290. The molecule has 0 radical (unpaired) electrons. The molecule has 35 heavy (non-hydrogen) atoms. The Bertz CT molecular complexity index is 1230. The minimum Gasteiger partial charge on any atom is -0.493 e. The lowest BCUT2D eigenvalue weighted by Crippen LogP contribution is -2.10. The van der Waals surface area contributed by atoms with Gasteiger partial charge in [0, 0.05) is 5.56 Å². The van der Waals surface area contributed by atoms with Gasteiger partial charge in [-0.25, -0.2) is 0 Å². The summed E-state index contributed by atoms with van der Waals surface area (Å²) in [6.45, 7) is 12.8. The van der Waals surface area contributed by atoms with Gasteiger partial charge >= 0.3 is 0 Å². The van der Waals surface area contributed by atoms with Crippen LogP contribution >= 0.6 is 0 Å². The molecule has 0 bridgehead atoms. The second-order valence-corrected chi connectivity index (χ2v) is 9.45. The third kappa shape index (κ3) is 5.54. The topological polar surface area (TPSA) is 36.9 Å². The normalized spacial score (nSPS) is 11.7. The molecule has 184 valence electrons. The molecule has 0 amide bonds. The Balaban J connectivity index is 2.18. The number of hydrogen-bond donors (Lipinski definition) is 0. The van der Waals surface area contributed by atoms with Crippen molar-refractivity contribution < 1.29 is 18.9 Å². The highest BCUT2D eigenvalue weighted by Crippen LogP contribution is 2.42. The van der Waals surface area contributed by atoms with Gasteiger partial charge in [-0.2, -0.15) is 0 Å². The number of benzene rings is 3. The van der Waals surface area contributed by atoms with E-state index in [9.17, 15) is 0 Å². The van der Waals surface area contributed by atoms with Crippen LogP contribution in [0.5, 0.6) is 23.0 Å². The van der Waals surface area contributed by atoms with Gasteiger partial charge in [-0.15, -0.1) is 0 Å². The Hall–Kier alpha value is -3.66. The first-order chi connectivity index (χ1) is 16.7. The average Bonchev–Trinajstić information content (AvgIpc) is 2.86. The van der Waals surface area contributed by atoms with Gasteiger partial charge in [0.1, 0.15) is 0 Å². The number of ether oxygens (including phenoxy) is 4. The fourth-order valence-corrected chi connectivity index (χ4v) is 4.07. The lowest BCUT2D eigenvalue weighted by molar-refractivity contribution is 0.354. The van der Waals surface area contributed by atoms with Crippen molar-refractivity contribution in [3.05, 3.63) is 83.4 Å². The van der Waals surface area contributed by atoms with Crippen LogP contribution in [0.1, 0.15) is 43.0 Å². The highest BCUT2D eigenvalue weighted by atomic mass is 16.5. The van der Waals surface area contributed by atoms with E-state index in [2.05, 4.69) is 63.8 Å². The lowest BCUT2D eigenvalue weighted by Gasteiger charge is -2.20. The van der Waals surface area contributed by atoms with Gasteiger partial charge in [-0.3, -0.25) is 0 Å². The molecule has 0 saturated heterocycles. The van der Waals surface area contributed by atoms with Crippen molar-refractivity contribution in [2.45, 2.75) is 33.1 Å². The van der Waals surface area contributed by atoms with E-state index in [-0.39, 0.29) is 5.41 Å². The number of rotatable bonds is 8. The average molecular weight is 473 g/mol. The summed E-state index contributed by atoms with van der Waals surface area (Å²) in [4.78, 5) is 0. The minimum absolute atomic E-state index is 0.0815. The highest BCUT2D eigenvalue weighted by molar-refractivity contribution is 5.91. The van der Waals surface area contributed by atoms with E-state index >= 15 is 0 Å². The summed E-state index contributed by atoms with van der Waals surface area (Å²) in [7, 11) is 6.60. The Morgan fingerprint density at radius 1 is 0.771 bits per heavy atom. The van der Waals surface area contributed by atoms with Crippen LogP contribution in [0.4, 0.5) is 0 Å². The molecule has 0 saturated carbocycles. The Labute approximate surface area is 209 Å². The van der Waals surface area contributed by atoms with Crippen LogP contribution in [0.25, 0.3) is 22.8 Å². The van der Waals surface area contributed by atoms with Crippen molar-refractivity contribution in [1.29, 1.82) is 0 Å². The molecule has 4 nitrogen and oxygen atoms in total. The van der Waals surface area contributed by atoms with Crippen LogP contribution in [-0.2, 0) is 5.41 Å². The zero-order valence-electron chi connectivity index (χ0n) is 22.1. The monoisotopic (exact) mass is 472 g/mol. The van der Waals surface area contributed by atoms with E-state index in [0.29, 0.717) is 23.0 Å². The van der Waals surface area contributed by atoms with Crippen molar-refractivity contribution in [2.75, 3.05) is 28.4 Å². The maximum Gasteiger partial charge on any atom is 0.168 e. The predicted molar refractivity (Wildman–Crippen MR) is 146 cm³/mol. The Morgan fingerprint density at radius 3 is 1.89 bits per heavy atom. The first-order valence-electron chi connectivity index (χ1n) is 11.6. The van der Waals surface area contributed by atoms with Gasteiger partial charge in [0.25, 0.3) is 0 Å². The summed E-state index contributed by atoms with van der Waals surface area (Å²) in [5.74, 6) is 2.75. The first-order valence-corrected chi connectivity index (χ1v) is 11.6. The van der Waals surface area contributed by atoms with Gasteiger partial charge < -0.3 is 18.9 Å². The van der Waals surface area contributed by atoms with Crippen molar-refractivity contribution in [2.24, 2.45) is 0 Å². The molecule has 0 aliphatic rings. The summed E-state index contributed by atoms with van der Waals surface area (Å²) in [6, 6.07) is 16.7. The molecular formula is C31H36O4. The van der Waals surface area contributed by atoms with Crippen LogP contribution in [0.2, 0.25) is 0 Å². The van der Waals surface area contributed by atoms with E-state index in [1.54, 1.807) is 28.4 Å². The van der Waals surface area contributed by atoms with E-state index in [4.69, 9.17) is 18.9 Å². The predicted octanol–water partition coefficient (Wildman–Crippen LogP) is 7.72. The Kier molecular flexibility index (Phi) is 7.96. The molecule has 0 aliphatic carbocycles. The molecule has 0 fully saturated rings. The first kappa shape index (κ1) is 26.0. The molecule has 0 spiro atoms. The fourth-order valence-electron chi connectivity index (χ4n) is 4.07. The maximum atomic E-state index is 5.78. The van der Waals surface area contributed by atoms with E-state index in [0.717, 1.165) is 33.4 Å². The molecule has 4 heteroatoms. The number of methoxy groups -OCH3 is 4. The zero-order valence-corrected chi connectivity index (χ0v) is 22.1. The maximum absolute atomic E-state index is 5.78. The van der Waals surface area contributed by atoms with Crippen molar-refractivity contribution in [1.82, 2.24) is 0 Å². The largest absolute Gasteiger partial charge is 0.493 e. The molecule has 0 N–H and O–H groups in total. The second-order valence-electron chi connectivity index (χ2n) is 9.45. The van der Waals surface area contributed by atoms with E-state index in [1.807, 2.05) is 31.2 Å². The second kappa shape index (κ2) is 10.7. The van der Waals surface area contributed by atoms with Gasteiger partial charge in [-0.1, -0.05) is 57.7 Å². The standard InChI is InChI=1S/C31H36O4/c1-10-21(16-23-18-28(33-7)27(32-6)15-20(23)2)24-17-26(30(35-9)29(19-24)34-8)22-11-13-25(14-12-22)31(3,4)5/h10-19H,1H2,2-9H3/b21-16+. The van der Waals surface area contributed by atoms with E-state index < -0.39 is 0 Å². The van der Waals surface area contributed by atoms with Crippen molar-refractivity contribution in [3.63, 3.8) is 0 Å². The molecule has 0 heterocycles. The molecule has 0 atom stereocenters. The van der Waals surface area contributed by atoms with Gasteiger partial charge in [-0.05, 0) is 76.1 Å². The summed E-state index contributed by atoms with van der Waals surface area (Å²) in [6.07, 6.45) is 3.95. The minimum atomic E-state index is 0.0815. The Morgan fingerprint density at radius 2 is 1.37 bits per heavy atom. The van der Waals surface area contributed by atoms with Crippen LogP contribution in [0, 0.1) is 6.92 Å². The quantitative estimate of drug-likeness (QED) is 0.248. The zero-order chi connectivity index (χ0) is 25.8. The number of aryl methyl sites for hydroxylation is 1. The molecule has 0 aromatic heterocycles. The van der Waals surface area contributed by atoms with Crippen LogP contribution in [-0.4, -0.2) is 28.4 Å². The number of allylic oxidation sites excluding steroid dienone is 2. The third-order valence-corrected chi connectivity index (χ3v) is 6.18. The highest BCUT2D eigenvalue weighted by Gasteiger charge is 2.18. The summed E-state index contributed by atoms with van der Waals surface area (Å²) in [5, 5.41) is 0. The summed E-state index contributed by atoms with van der Waals surface area (Å²) < 4.78 is 22.5. The molecule has 3 aromatic rings. The molecular weight excluding hydrogens is 436 g/mol. The van der Waals surface area contributed by atoms with Gasteiger partial charge in [0.05, 0.1) is 28.4 Å². The lowest BCUT2D eigenvalue weighted by atomic mass is 9.86. The number of hydrogen-bond acceptors (Lipinski definition) is 4.